The van der Waals surface area contributed by atoms with E-state index in [1.807, 2.05) is 14.0 Å². The molecule has 0 aromatic heterocycles. The third-order valence-corrected chi connectivity index (χ3v) is 3.26. The Bertz CT molecular complexity index is 337. The van der Waals surface area contributed by atoms with E-state index in [0.717, 1.165) is 26.2 Å². The van der Waals surface area contributed by atoms with Crippen molar-refractivity contribution in [2.75, 3.05) is 38.8 Å². The Kier molecular flexibility index (Phi) is 6.76. The number of hydrogen-bond acceptors (Lipinski definition) is 3. The number of hydrogen-bond donors (Lipinski definition) is 1. The van der Waals surface area contributed by atoms with Crippen LogP contribution in [0, 0.1) is 0 Å². The van der Waals surface area contributed by atoms with Gasteiger partial charge in [-0.25, -0.2) is 0 Å². The van der Waals surface area contributed by atoms with Crippen molar-refractivity contribution in [3.05, 3.63) is 29.8 Å². The summed E-state index contributed by atoms with van der Waals surface area (Å²) in [7, 11) is 4.14. The lowest BCUT2D eigenvalue weighted by Gasteiger charge is -2.26. The molecule has 0 saturated heterocycles. The molecule has 1 rings (SSSR count). The zero-order chi connectivity index (χ0) is 13.4. The smallest absolute Gasteiger partial charge is 0.0641 e. The molecule has 0 amide bonds. The fraction of sp³-hybridized carbons (Fsp3) is 0.600. The molecule has 1 unspecified atom stereocenters. The molecule has 0 heterocycles. The molecule has 3 heteroatoms. The molecule has 0 aliphatic rings. The van der Waals surface area contributed by atoms with Gasteiger partial charge in [0, 0.05) is 31.9 Å². The molecule has 0 spiro atoms. The zero-order valence-corrected chi connectivity index (χ0v) is 12.1. The summed E-state index contributed by atoms with van der Waals surface area (Å²) in [6.45, 7) is 6.71. The van der Waals surface area contributed by atoms with E-state index < -0.39 is 0 Å². The second-order valence-corrected chi connectivity index (χ2v) is 4.43. The minimum atomic E-state index is 0.413. The molecule has 18 heavy (non-hydrogen) atoms. The average molecular weight is 250 g/mol. The number of likely N-dealkylation sites (N-methyl/N-ethyl adjacent to an activating group) is 1. The Morgan fingerprint density at radius 3 is 2.61 bits per heavy atom. The van der Waals surface area contributed by atoms with Gasteiger partial charge in [-0.05, 0) is 32.0 Å². The number of ether oxygens (including phenoxy) is 1. The van der Waals surface area contributed by atoms with Crippen LogP contribution >= 0.6 is 0 Å². The normalized spacial score (nSPS) is 12.4. The molecule has 0 saturated carbocycles. The molecule has 1 aromatic rings. The Hall–Kier alpha value is -1.06. The Balaban J connectivity index is 2.80. The van der Waals surface area contributed by atoms with Crippen molar-refractivity contribution in [2.45, 2.75) is 26.3 Å². The Labute approximate surface area is 111 Å². The maximum absolute atomic E-state index is 5.42. The van der Waals surface area contributed by atoms with E-state index in [1.54, 1.807) is 0 Å². The van der Waals surface area contributed by atoms with E-state index in [2.05, 4.69) is 48.5 Å². The van der Waals surface area contributed by atoms with Gasteiger partial charge in [0.15, 0.2) is 0 Å². The highest BCUT2D eigenvalue weighted by atomic mass is 16.5. The lowest BCUT2D eigenvalue weighted by molar-refractivity contribution is 0.154. The first-order chi connectivity index (χ1) is 8.74. The largest absolute Gasteiger partial charge is 0.380 e. The quantitative estimate of drug-likeness (QED) is 0.718. The molecule has 0 radical (unpaired) electrons. The molecule has 0 fully saturated rings. The highest BCUT2D eigenvalue weighted by molar-refractivity contribution is 5.54. The lowest BCUT2D eigenvalue weighted by Crippen LogP contribution is -2.26. The first kappa shape index (κ1) is 15.0. The molecule has 1 aromatic carbocycles. The molecular formula is C15H26N2O. The SMILES string of the molecule is CCOCCN(C)c1ccccc1C(CC)NC. The van der Waals surface area contributed by atoms with Crippen LogP contribution in [0.1, 0.15) is 31.9 Å². The van der Waals surface area contributed by atoms with E-state index in [4.69, 9.17) is 4.74 Å². The van der Waals surface area contributed by atoms with Gasteiger partial charge < -0.3 is 15.0 Å². The predicted molar refractivity (Wildman–Crippen MR) is 78.3 cm³/mol. The van der Waals surface area contributed by atoms with E-state index >= 15 is 0 Å². The maximum Gasteiger partial charge on any atom is 0.0641 e. The summed E-state index contributed by atoms with van der Waals surface area (Å²) in [5.41, 5.74) is 2.65. The van der Waals surface area contributed by atoms with Gasteiger partial charge in [0.05, 0.1) is 6.61 Å². The number of para-hydroxylation sites is 1. The van der Waals surface area contributed by atoms with Gasteiger partial charge in [-0.1, -0.05) is 25.1 Å². The summed E-state index contributed by atoms with van der Waals surface area (Å²) in [5, 5.41) is 3.37. The summed E-state index contributed by atoms with van der Waals surface area (Å²) < 4.78 is 5.42. The first-order valence-corrected chi connectivity index (χ1v) is 6.79. The van der Waals surface area contributed by atoms with Crippen molar-refractivity contribution in [1.29, 1.82) is 0 Å². The molecule has 1 N–H and O–H groups in total. The molecule has 0 aliphatic carbocycles. The van der Waals surface area contributed by atoms with Crippen LogP contribution in [0.4, 0.5) is 5.69 Å². The van der Waals surface area contributed by atoms with E-state index in [-0.39, 0.29) is 0 Å². The Morgan fingerprint density at radius 1 is 1.28 bits per heavy atom. The van der Waals surface area contributed by atoms with Gasteiger partial charge in [-0.3, -0.25) is 0 Å². The van der Waals surface area contributed by atoms with Gasteiger partial charge in [0.2, 0.25) is 0 Å². The summed E-state index contributed by atoms with van der Waals surface area (Å²) in [5.74, 6) is 0. The van der Waals surface area contributed by atoms with Gasteiger partial charge in [-0.15, -0.1) is 0 Å². The van der Waals surface area contributed by atoms with Crippen LogP contribution in [0.2, 0.25) is 0 Å². The number of benzene rings is 1. The van der Waals surface area contributed by atoms with Crippen LogP contribution in [0.15, 0.2) is 24.3 Å². The van der Waals surface area contributed by atoms with Crippen molar-refractivity contribution in [3.8, 4) is 0 Å². The third kappa shape index (κ3) is 4.00. The molecular weight excluding hydrogens is 224 g/mol. The van der Waals surface area contributed by atoms with Crippen molar-refractivity contribution in [3.63, 3.8) is 0 Å². The third-order valence-electron chi connectivity index (χ3n) is 3.26. The number of nitrogens with zero attached hydrogens (tertiary/aromatic N) is 1. The van der Waals surface area contributed by atoms with Crippen LogP contribution in [-0.4, -0.2) is 33.9 Å². The number of nitrogens with one attached hydrogen (secondary N) is 1. The van der Waals surface area contributed by atoms with E-state index in [0.29, 0.717) is 6.04 Å². The monoisotopic (exact) mass is 250 g/mol. The van der Waals surface area contributed by atoms with Crippen LogP contribution in [0.25, 0.3) is 0 Å². The van der Waals surface area contributed by atoms with E-state index in [9.17, 15) is 0 Å². The second-order valence-electron chi connectivity index (χ2n) is 4.43. The molecule has 3 nitrogen and oxygen atoms in total. The van der Waals surface area contributed by atoms with Crippen molar-refractivity contribution >= 4 is 5.69 Å². The predicted octanol–water partition coefficient (Wildman–Crippen LogP) is 2.83. The summed E-state index contributed by atoms with van der Waals surface area (Å²) >= 11 is 0. The molecule has 102 valence electrons. The van der Waals surface area contributed by atoms with Crippen LogP contribution < -0.4 is 10.2 Å². The second kappa shape index (κ2) is 8.11. The topological polar surface area (TPSA) is 24.5 Å². The van der Waals surface area contributed by atoms with Crippen molar-refractivity contribution in [2.24, 2.45) is 0 Å². The fourth-order valence-corrected chi connectivity index (χ4v) is 2.18. The van der Waals surface area contributed by atoms with Crippen molar-refractivity contribution < 1.29 is 4.74 Å². The van der Waals surface area contributed by atoms with Crippen LogP contribution in [0.3, 0.4) is 0 Å². The highest BCUT2D eigenvalue weighted by Gasteiger charge is 2.13. The maximum atomic E-state index is 5.42. The first-order valence-electron chi connectivity index (χ1n) is 6.79. The van der Waals surface area contributed by atoms with E-state index in [1.165, 1.54) is 11.3 Å². The van der Waals surface area contributed by atoms with Gasteiger partial charge in [0.1, 0.15) is 0 Å². The number of anilines is 1. The average Bonchev–Trinajstić information content (AvgIpc) is 2.41. The van der Waals surface area contributed by atoms with Crippen molar-refractivity contribution in [1.82, 2.24) is 5.32 Å². The standard InChI is InChI=1S/C15H26N2O/c1-5-14(16-3)13-9-7-8-10-15(13)17(4)11-12-18-6-2/h7-10,14,16H,5-6,11-12H2,1-4H3. The minimum Gasteiger partial charge on any atom is -0.380 e. The van der Waals surface area contributed by atoms with Gasteiger partial charge >= 0.3 is 0 Å². The van der Waals surface area contributed by atoms with Crippen LogP contribution in [-0.2, 0) is 4.74 Å². The Morgan fingerprint density at radius 2 is 2.00 bits per heavy atom. The zero-order valence-electron chi connectivity index (χ0n) is 12.1. The molecule has 0 bridgehead atoms. The fourth-order valence-electron chi connectivity index (χ4n) is 2.18. The van der Waals surface area contributed by atoms with Crippen LogP contribution in [0.5, 0.6) is 0 Å². The summed E-state index contributed by atoms with van der Waals surface area (Å²) in [6, 6.07) is 9.00. The highest BCUT2D eigenvalue weighted by Crippen LogP contribution is 2.27. The van der Waals surface area contributed by atoms with Gasteiger partial charge in [-0.2, -0.15) is 0 Å². The summed E-state index contributed by atoms with van der Waals surface area (Å²) in [6.07, 6.45) is 1.09. The molecule has 0 aliphatic heterocycles. The number of rotatable bonds is 8. The van der Waals surface area contributed by atoms with Gasteiger partial charge in [0.25, 0.3) is 0 Å². The lowest BCUT2D eigenvalue weighted by atomic mass is 10.0. The summed E-state index contributed by atoms with van der Waals surface area (Å²) in [4.78, 5) is 2.27. The minimum absolute atomic E-state index is 0.413. The molecule has 1 atom stereocenters.